The predicted octanol–water partition coefficient (Wildman–Crippen LogP) is 4.03. The monoisotopic (exact) mass is 265 g/mol. The van der Waals surface area contributed by atoms with Crippen molar-refractivity contribution in [2.75, 3.05) is 5.73 Å². The van der Waals surface area contributed by atoms with E-state index >= 15 is 0 Å². The molecule has 3 nitrogen and oxygen atoms in total. The van der Waals surface area contributed by atoms with Crippen LogP contribution in [0.4, 0.5) is 5.13 Å². The lowest BCUT2D eigenvalue weighted by molar-refractivity contribution is 1.41. The molecular formula is C15H11N3S. The molecule has 3 N–H and O–H groups in total. The van der Waals surface area contributed by atoms with E-state index in [2.05, 4.69) is 46.4 Å². The van der Waals surface area contributed by atoms with Crippen molar-refractivity contribution in [3.05, 3.63) is 47.8 Å². The maximum absolute atomic E-state index is 5.69. The summed E-state index contributed by atoms with van der Waals surface area (Å²) in [5.74, 6) is 0. The van der Waals surface area contributed by atoms with E-state index in [1.54, 1.807) is 0 Å². The highest BCUT2D eigenvalue weighted by Crippen LogP contribution is 2.30. The molecule has 2 aromatic carbocycles. The molecule has 19 heavy (non-hydrogen) atoms. The van der Waals surface area contributed by atoms with Crippen molar-refractivity contribution < 1.29 is 0 Å². The molecule has 0 aliphatic rings. The number of benzene rings is 2. The van der Waals surface area contributed by atoms with Crippen LogP contribution in [0.3, 0.4) is 0 Å². The van der Waals surface area contributed by atoms with Gasteiger partial charge in [-0.1, -0.05) is 30.3 Å². The zero-order valence-electron chi connectivity index (χ0n) is 10.1. The van der Waals surface area contributed by atoms with Crippen LogP contribution < -0.4 is 5.73 Å². The van der Waals surface area contributed by atoms with E-state index in [4.69, 9.17) is 5.73 Å². The fourth-order valence-electron chi connectivity index (χ4n) is 2.43. The van der Waals surface area contributed by atoms with Crippen LogP contribution in [0.15, 0.2) is 47.8 Å². The summed E-state index contributed by atoms with van der Waals surface area (Å²) in [6.45, 7) is 0. The molecule has 0 aliphatic carbocycles. The molecular weight excluding hydrogens is 254 g/mol. The summed E-state index contributed by atoms with van der Waals surface area (Å²) in [4.78, 5) is 7.76. The normalized spacial score (nSPS) is 11.4. The molecule has 4 heteroatoms. The first-order chi connectivity index (χ1) is 9.31. The van der Waals surface area contributed by atoms with Gasteiger partial charge in [-0.15, -0.1) is 11.3 Å². The minimum absolute atomic E-state index is 0.603. The Kier molecular flexibility index (Phi) is 2.13. The molecule has 2 heterocycles. The molecule has 92 valence electrons. The second kappa shape index (κ2) is 3.83. The van der Waals surface area contributed by atoms with Gasteiger partial charge in [0.1, 0.15) is 0 Å². The first kappa shape index (κ1) is 10.6. The Labute approximate surface area is 113 Å². The van der Waals surface area contributed by atoms with Crippen molar-refractivity contribution in [1.82, 2.24) is 9.97 Å². The smallest absolute Gasteiger partial charge is 0.180 e. The Bertz CT molecular complexity index is 889. The minimum Gasteiger partial charge on any atom is -0.375 e. The zero-order valence-corrected chi connectivity index (χ0v) is 10.9. The minimum atomic E-state index is 0.603. The third-order valence-electron chi connectivity index (χ3n) is 3.32. The van der Waals surface area contributed by atoms with Crippen LogP contribution in [-0.2, 0) is 0 Å². The van der Waals surface area contributed by atoms with Crippen LogP contribution >= 0.6 is 11.3 Å². The van der Waals surface area contributed by atoms with Crippen LogP contribution in [-0.4, -0.2) is 9.97 Å². The van der Waals surface area contributed by atoms with Gasteiger partial charge in [0, 0.05) is 32.7 Å². The molecule has 0 bridgehead atoms. The second-order valence-electron chi connectivity index (χ2n) is 4.50. The molecule has 0 radical (unpaired) electrons. The molecule has 0 saturated carbocycles. The molecule has 0 aliphatic heterocycles. The first-order valence-corrected chi connectivity index (χ1v) is 6.91. The van der Waals surface area contributed by atoms with Crippen LogP contribution in [0, 0.1) is 0 Å². The third kappa shape index (κ3) is 1.61. The maximum Gasteiger partial charge on any atom is 0.180 e. The number of para-hydroxylation sites is 1. The van der Waals surface area contributed by atoms with Gasteiger partial charge < -0.3 is 10.7 Å². The number of anilines is 1. The summed E-state index contributed by atoms with van der Waals surface area (Å²) in [5.41, 5.74) is 10.0. The Hall–Kier alpha value is -2.33. The summed E-state index contributed by atoms with van der Waals surface area (Å²) in [6.07, 6.45) is 0. The van der Waals surface area contributed by atoms with Gasteiger partial charge in [0.2, 0.25) is 0 Å². The number of nitrogens with zero attached hydrogens (tertiary/aromatic N) is 1. The van der Waals surface area contributed by atoms with Gasteiger partial charge in [0.05, 0.1) is 5.69 Å². The van der Waals surface area contributed by atoms with E-state index in [9.17, 15) is 0 Å². The lowest BCUT2D eigenvalue weighted by Crippen LogP contribution is -1.82. The molecule has 2 aromatic heterocycles. The number of nitrogen functional groups attached to an aromatic ring is 1. The van der Waals surface area contributed by atoms with E-state index in [1.807, 2.05) is 11.4 Å². The Morgan fingerprint density at radius 1 is 1.00 bits per heavy atom. The zero-order chi connectivity index (χ0) is 12.8. The summed E-state index contributed by atoms with van der Waals surface area (Å²) in [5, 5.41) is 5.08. The molecule has 0 fully saturated rings. The first-order valence-electron chi connectivity index (χ1n) is 6.03. The summed E-state index contributed by atoms with van der Waals surface area (Å²) < 4.78 is 0. The summed E-state index contributed by atoms with van der Waals surface area (Å²) in [6, 6.07) is 14.7. The number of rotatable bonds is 1. The van der Waals surface area contributed by atoms with Gasteiger partial charge in [-0.25, -0.2) is 4.98 Å². The van der Waals surface area contributed by atoms with Gasteiger partial charge in [-0.2, -0.15) is 0 Å². The van der Waals surface area contributed by atoms with Crippen LogP contribution in [0.5, 0.6) is 0 Å². The van der Waals surface area contributed by atoms with Crippen molar-refractivity contribution >= 4 is 38.3 Å². The second-order valence-corrected chi connectivity index (χ2v) is 5.39. The van der Waals surface area contributed by atoms with Crippen molar-refractivity contribution in [3.63, 3.8) is 0 Å². The Morgan fingerprint density at radius 3 is 2.68 bits per heavy atom. The highest BCUT2D eigenvalue weighted by atomic mass is 32.1. The van der Waals surface area contributed by atoms with E-state index in [1.165, 1.54) is 22.1 Å². The molecule has 0 spiro atoms. The van der Waals surface area contributed by atoms with Crippen molar-refractivity contribution in [2.24, 2.45) is 0 Å². The van der Waals surface area contributed by atoms with E-state index in [-0.39, 0.29) is 0 Å². The number of thiazole rings is 1. The average molecular weight is 265 g/mol. The van der Waals surface area contributed by atoms with Crippen molar-refractivity contribution in [3.8, 4) is 11.3 Å². The van der Waals surface area contributed by atoms with Crippen LogP contribution in [0.25, 0.3) is 33.1 Å². The number of hydrogen-bond donors (Lipinski definition) is 2. The molecule has 0 atom stereocenters. The quantitative estimate of drug-likeness (QED) is 0.546. The topological polar surface area (TPSA) is 54.7 Å². The van der Waals surface area contributed by atoms with Crippen molar-refractivity contribution in [2.45, 2.75) is 0 Å². The van der Waals surface area contributed by atoms with Gasteiger partial charge in [-0.05, 0) is 12.1 Å². The molecule has 4 aromatic rings. The lowest BCUT2D eigenvalue weighted by atomic mass is 10.1. The molecule has 4 rings (SSSR count). The number of aromatic amines is 1. The molecule has 0 unspecified atom stereocenters. The number of hydrogen-bond acceptors (Lipinski definition) is 3. The van der Waals surface area contributed by atoms with Crippen LogP contribution in [0.1, 0.15) is 0 Å². The molecule has 0 amide bonds. The lowest BCUT2D eigenvalue weighted by Gasteiger charge is -1.97. The summed E-state index contributed by atoms with van der Waals surface area (Å²) in [7, 11) is 0. The SMILES string of the molecule is Nc1nc(-c2ccc3c(c2)[nH]c2ccccc23)cs1. The Balaban J connectivity index is 1.99. The Morgan fingerprint density at radius 2 is 1.84 bits per heavy atom. The van der Waals surface area contributed by atoms with E-state index < -0.39 is 0 Å². The third-order valence-corrected chi connectivity index (χ3v) is 4.00. The standard InChI is InChI=1S/C15H11N3S/c16-15-18-14(8-19-15)9-5-6-11-10-3-1-2-4-12(10)17-13(11)7-9/h1-8,17H,(H2,16,18). The number of H-pyrrole nitrogens is 1. The molecule has 0 saturated heterocycles. The number of nitrogens with one attached hydrogen (secondary N) is 1. The largest absolute Gasteiger partial charge is 0.375 e. The summed E-state index contributed by atoms with van der Waals surface area (Å²) >= 11 is 1.47. The van der Waals surface area contributed by atoms with E-state index in [0.29, 0.717) is 5.13 Å². The van der Waals surface area contributed by atoms with E-state index in [0.717, 1.165) is 22.3 Å². The number of nitrogens with two attached hydrogens (primary N) is 1. The fraction of sp³-hybridized carbons (Fsp3) is 0. The van der Waals surface area contributed by atoms with Gasteiger partial charge in [0.25, 0.3) is 0 Å². The van der Waals surface area contributed by atoms with Gasteiger partial charge >= 0.3 is 0 Å². The maximum atomic E-state index is 5.69. The van der Waals surface area contributed by atoms with Crippen molar-refractivity contribution in [1.29, 1.82) is 0 Å². The fourth-order valence-corrected chi connectivity index (χ4v) is 3.01. The highest BCUT2D eigenvalue weighted by molar-refractivity contribution is 7.13. The average Bonchev–Trinajstić information content (AvgIpc) is 3.01. The van der Waals surface area contributed by atoms with Gasteiger partial charge in [-0.3, -0.25) is 0 Å². The number of fused-ring (bicyclic) bond motifs is 3. The van der Waals surface area contributed by atoms with Gasteiger partial charge in [0.15, 0.2) is 5.13 Å². The predicted molar refractivity (Wildman–Crippen MR) is 81.3 cm³/mol. The van der Waals surface area contributed by atoms with Crippen LogP contribution in [0.2, 0.25) is 0 Å². The highest BCUT2D eigenvalue weighted by Gasteiger charge is 2.07. The number of aromatic nitrogens is 2.